The van der Waals surface area contributed by atoms with Gasteiger partial charge < -0.3 is 50.5 Å². The van der Waals surface area contributed by atoms with Crippen molar-refractivity contribution in [3.05, 3.63) is 48.6 Å². The Labute approximate surface area is 428 Å². The number of nitrogens with one attached hydrogen (secondary N) is 1. The summed E-state index contributed by atoms with van der Waals surface area (Å²) in [5.41, 5.74) is 0. The summed E-state index contributed by atoms with van der Waals surface area (Å²) < 4.78 is 11.1. The van der Waals surface area contributed by atoms with Crippen molar-refractivity contribution in [2.75, 3.05) is 13.2 Å². The van der Waals surface area contributed by atoms with E-state index in [1.807, 2.05) is 0 Å². The molecule has 0 radical (unpaired) electrons. The Bertz CT molecular complexity index is 1280. The van der Waals surface area contributed by atoms with Crippen LogP contribution in [0.3, 0.4) is 0 Å². The number of amides is 1. The number of hydrogen-bond acceptors (Lipinski definition) is 10. The zero-order valence-electron chi connectivity index (χ0n) is 44.7. The maximum absolute atomic E-state index is 13.2. The second kappa shape index (κ2) is 48.0. The van der Waals surface area contributed by atoms with E-state index in [0.29, 0.717) is 19.3 Å². The van der Waals surface area contributed by atoms with Gasteiger partial charge in [0.25, 0.3) is 0 Å². The van der Waals surface area contributed by atoms with E-state index in [1.165, 1.54) is 161 Å². The van der Waals surface area contributed by atoms with Crippen molar-refractivity contribution in [3.8, 4) is 0 Å². The molecule has 1 saturated heterocycles. The van der Waals surface area contributed by atoms with Gasteiger partial charge in [-0.1, -0.05) is 217 Å². The molecule has 0 spiro atoms. The molecule has 11 nitrogen and oxygen atoms in total. The van der Waals surface area contributed by atoms with Gasteiger partial charge in [-0.25, -0.2) is 0 Å². The maximum Gasteiger partial charge on any atom is 0.249 e. The van der Waals surface area contributed by atoms with Crippen molar-refractivity contribution in [1.29, 1.82) is 0 Å². The van der Waals surface area contributed by atoms with Crippen LogP contribution in [0.2, 0.25) is 0 Å². The van der Waals surface area contributed by atoms with Crippen LogP contribution in [0.1, 0.15) is 251 Å². The minimum Gasteiger partial charge on any atom is -0.394 e. The Morgan fingerprint density at radius 2 is 0.900 bits per heavy atom. The van der Waals surface area contributed by atoms with E-state index >= 15 is 0 Å². The molecule has 0 bridgehead atoms. The second-order valence-corrected chi connectivity index (χ2v) is 20.3. The molecule has 11 heteroatoms. The summed E-state index contributed by atoms with van der Waals surface area (Å²) in [6.07, 6.45) is 49.0. The highest BCUT2D eigenvalue weighted by Gasteiger charge is 2.44. The molecule has 1 aliphatic rings. The number of aliphatic hydroxyl groups excluding tert-OH is 7. The molecular formula is C59H109NO10. The minimum absolute atomic E-state index is 0.245. The lowest BCUT2D eigenvalue weighted by atomic mass is 9.98. The molecule has 0 saturated carbocycles. The summed E-state index contributed by atoms with van der Waals surface area (Å²) in [4.78, 5) is 13.2. The number of carbonyl (C=O) groups is 1. The molecule has 1 heterocycles. The molecule has 9 atom stereocenters. The van der Waals surface area contributed by atoms with E-state index in [-0.39, 0.29) is 12.8 Å². The van der Waals surface area contributed by atoms with Crippen molar-refractivity contribution in [3.63, 3.8) is 0 Å². The number of hydrogen-bond donors (Lipinski definition) is 8. The minimum atomic E-state index is -1.67. The van der Waals surface area contributed by atoms with Crippen molar-refractivity contribution >= 4 is 5.91 Å². The number of carbonyl (C=O) groups excluding carboxylic acids is 1. The normalized spacial score (nSPS) is 20.6. The smallest absolute Gasteiger partial charge is 0.249 e. The van der Waals surface area contributed by atoms with Crippen LogP contribution in [0.25, 0.3) is 0 Å². The van der Waals surface area contributed by atoms with Crippen LogP contribution in [0.15, 0.2) is 48.6 Å². The van der Waals surface area contributed by atoms with Gasteiger partial charge in [-0.05, 0) is 83.5 Å². The Balaban J connectivity index is 2.25. The lowest BCUT2D eigenvalue weighted by molar-refractivity contribution is -0.303. The van der Waals surface area contributed by atoms with Crippen molar-refractivity contribution in [2.45, 2.75) is 306 Å². The summed E-state index contributed by atoms with van der Waals surface area (Å²) in [6.45, 7) is 3.41. The number of unbranched alkanes of at least 4 members (excludes halogenated alkanes) is 29. The molecule has 0 aromatic rings. The van der Waals surface area contributed by atoms with Crippen LogP contribution in [0, 0.1) is 0 Å². The molecule has 70 heavy (non-hydrogen) atoms. The van der Waals surface area contributed by atoms with E-state index in [1.54, 1.807) is 0 Å². The quantitative estimate of drug-likeness (QED) is 0.0215. The Hall–Kier alpha value is -1.93. The van der Waals surface area contributed by atoms with E-state index in [9.17, 15) is 40.5 Å². The highest BCUT2D eigenvalue weighted by atomic mass is 16.7. The molecule has 0 aliphatic carbocycles. The third-order valence-corrected chi connectivity index (χ3v) is 13.8. The summed E-state index contributed by atoms with van der Waals surface area (Å²) >= 11 is 0. The summed E-state index contributed by atoms with van der Waals surface area (Å²) in [5.74, 6) is -0.711. The SMILES string of the molecule is CCCCCC/C=C/CC/C=C/CCCC(O)C(O)C(COC1OC(CO)C(O)C(O)C1O)NC(=O)C(O)CCCCCCCCCCCCCCCC/C=C\C/C=C\CCCCCCCCCCC. The zero-order valence-corrected chi connectivity index (χ0v) is 44.7. The average Bonchev–Trinajstić information content (AvgIpc) is 3.36. The van der Waals surface area contributed by atoms with Gasteiger partial charge in [0, 0.05) is 0 Å². The molecule has 1 aliphatic heterocycles. The van der Waals surface area contributed by atoms with E-state index in [4.69, 9.17) is 9.47 Å². The topological polar surface area (TPSA) is 189 Å². The lowest BCUT2D eigenvalue weighted by Crippen LogP contribution is -2.60. The van der Waals surface area contributed by atoms with Gasteiger partial charge in [-0.2, -0.15) is 0 Å². The van der Waals surface area contributed by atoms with Gasteiger partial charge in [0.15, 0.2) is 6.29 Å². The number of ether oxygens (including phenoxy) is 2. The van der Waals surface area contributed by atoms with Crippen LogP contribution in [-0.2, 0) is 14.3 Å². The summed E-state index contributed by atoms with van der Waals surface area (Å²) in [5, 5.41) is 75.9. The van der Waals surface area contributed by atoms with Gasteiger partial charge in [0.05, 0.1) is 25.4 Å². The first-order chi connectivity index (χ1) is 34.2. The standard InChI is InChI=1S/C59H109NO10/c1-3-5-7-9-11-13-15-17-18-19-20-21-22-23-24-25-26-27-28-29-30-31-32-33-35-37-39-41-43-45-47-52(63)58(68)60-50(49-69-59-57(67)56(66)55(65)53(48-61)70-59)54(64)51(62)46-44-42-40-38-36-34-16-14-12-10-8-6-4-2/h14,16,20-21,23-24,38,40,50-57,59,61-67H,3-13,15,17-19,22,25-37,39,41-49H2,1-2H3,(H,60,68)/b16-14+,21-20-,24-23-,40-38+. The first-order valence-electron chi connectivity index (χ1n) is 29.0. The molecular weight excluding hydrogens is 883 g/mol. The third kappa shape index (κ3) is 36.1. The van der Waals surface area contributed by atoms with Crippen LogP contribution in [-0.4, -0.2) is 110 Å². The summed E-state index contributed by atoms with van der Waals surface area (Å²) in [7, 11) is 0. The van der Waals surface area contributed by atoms with E-state index in [0.717, 1.165) is 44.9 Å². The van der Waals surface area contributed by atoms with Crippen molar-refractivity contribution in [2.24, 2.45) is 0 Å². The van der Waals surface area contributed by atoms with Crippen LogP contribution in [0.4, 0.5) is 0 Å². The highest BCUT2D eigenvalue weighted by molar-refractivity contribution is 5.80. The fourth-order valence-electron chi connectivity index (χ4n) is 9.08. The third-order valence-electron chi connectivity index (χ3n) is 13.8. The van der Waals surface area contributed by atoms with Crippen molar-refractivity contribution in [1.82, 2.24) is 5.32 Å². The zero-order chi connectivity index (χ0) is 51.1. The fourth-order valence-corrected chi connectivity index (χ4v) is 9.08. The van der Waals surface area contributed by atoms with Crippen LogP contribution >= 0.6 is 0 Å². The molecule has 0 aromatic heterocycles. The number of aliphatic hydroxyl groups is 7. The Kier molecular flexibility index (Phi) is 45.3. The predicted octanol–water partition coefficient (Wildman–Crippen LogP) is 12.1. The summed E-state index contributed by atoms with van der Waals surface area (Å²) in [6, 6.07) is -1.19. The molecule has 8 N–H and O–H groups in total. The van der Waals surface area contributed by atoms with Gasteiger partial charge in [0.2, 0.25) is 5.91 Å². The van der Waals surface area contributed by atoms with Crippen LogP contribution in [0.5, 0.6) is 0 Å². The van der Waals surface area contributed by atoms with Gasteiger partial charge in [-0.3, -0.25) is 4.79 Å². The molecule has 0 aromatic carbocycles. The first-order valence-corrected chi connectivity index (χ1v) is 29.0. The molecule has 1 fully saturated rings. The number of allylic oxidation sites excluding steroid dienone is 8. The second-order valence-electron chi connectivity index (χ2n) is 20.3. The number of rotatable bonds is 49. The lowest BCUT2D eigenvalue weighted by Gasteiger charge is -2.40. The Morgan fingerprint density at radius 3 is 1.37 bits per heavy atom. The largest absolute Gasteiger partial charge is 0.394 e. The first kappa shape index (κ1) is 66.1. The molecule has 410 valence electrons. The predicted molar refractivity (Wildman–Crippen MR) is 288 cm³/mol. The average molecular weight is 993 g/mol. The molecule has 1 rings (SSSR count). The van der Waals surface area contributed by atoms with Crippen molar-refractivity contribution < 1.29 is 50.0 Å². The molecule has 1 amide bonds. The monoisotopic (exact) mass is 992 g/mol. The Morgan fingerprint density at radius 1 is 0.500 bits per heavy atom. The van der Waals surface area contributed by atoms with Crippen LogP contribution < -0.4 is 5.32 Å². The fraction of sp³-hybridized carbons (Fsp3) is 0.847. The highest BCUT2D eigenvalue weighted by Crippen LogP contribution is 2.23. The van der Waals surface area contributed by atoms with E-state index < -0.39 is 74.2 Å². The van der Waals surface area contributed by atoms with Gasteiger partial charge in [0.1, 0.15) is 36.6 Å². The molecule has 9 unspecified atom stereocenters. The maximum atomic E-state index is 13.2. The van der Waals surface area contributed by atoms with Gasteiger partial charge >= 0.3 is 0 Å². The van der Waals surface area contributed by atoms with Gasteiger partial charge in [-0.15, -0.1) is 0 Å². The van der Waals surface area contributed by atoms with E-state index in [2.05, 4.69) is 67.8 Å².